The number of carbonyl (C=O) groups excluding carboxylic acids is 2. The molecule has 1 aliphatic heterocycles. The van der Waals surface area contributed by atoms with Gasteiger partial charge in [-0.3, -0.25) is 4.79 Å². The number of hydrogen-bond acceptors (Lipinski definition) is 8. The highest BCUT2D eigenvalue weighted by Gasteiger charge is 2.65. The first-order chi connectivity index (χ1) is 16.1. The van der Waals surface area contributed by atoms with Crippen LogP contribution < -0.4 is 4.74 Å². The lowest BCUT2D eigenvalue weighted by Crippen LogP contribution is -2.41. The number of benzene rings is 1. The van der Waals surface area contributed by atoms with E-state index in [-0.39, 0.29) is 24.6 Å². The van der Waals surface area contributed by atoms with Crippen LogP contribution >= 0.6 is 10.2 Å². The Morgan fingerprint density at radius 3 is 2.31 bits per heavy atom. The van der Waals surface area contributed by atoms with Gasteiger partial charge in [-0.25, -0.2) is 4.79 Å². The quantitative estimate of drug-likeness (QED) is 0.0935. The second kappa shape index (κ2) is 8.97. The van der Waals surface area contributed by atoms with E-state index in [1.807, 2.05) is 0 Å². The standard InChI is InChI=1S/C18H17F8NO8S/c1-9-6-12(36(22,23,24,25)26)7-11-8-13(16(18(19,20)21)35-15(9)11)17(29)34-10(2)33-14(28)4-3-5-32-27(30)31/h6-8,10,16H,3-5H2,1-2H3. The van der Waals surface area contributed by atoms with Gasteiger partial charge < -0.3 is 19.0 Å². The highest BCUT2D eigenvalue weighted by molar-refractivity contribution is 8.45. The molecule has 2 rings (SSSR count). The van der Waals surface area contributed by atoms with E-state index >= 15 is 0 Å². The summed E-state index contributed by atoms with van der Waals surface area (Å²) in [5, 5.41) is 8.89. The topological polar surface area (TPSA) is 114 Å². The summed E-state index contributed by atoms with van der Waals surface area (Å²) in [7, 11) is -10.2. The zero-order chi connectivity index (χ0) is 27.8. The number of ether oxygens (including phenoxy) is 3. The number of alkyl halides is 3. The van der Waals surface area contributed by atoms with Gasteiger partial charge in [0.1, 0.15) is 10.6 Å². The third kappa shape index (κ3) is 7.59. The molecule has 0 N–H and O–H groups in total. The average Bonchev–Trinajstić information content (AvgIpc) is 2.67. The van der Waals surface area contributed by atoms with Gasteiger partial charge >= 0.3 is 28.3 Å². The number of hydrogen-bond donors (Lipinski definition) is 0. The first-order valence-electron chi connectivity index (χ1n) is 9.60. The van der Waals surface area contributed by atoms with Gasteiger partial charge in [0, 0.05) is 18.9 Å². The summed E-state index contributed by atoms with van der Waals surface area (Å²) in [5.74, 6) is -3.71. The maximum atomic E-state index is 13.5. The molecule has 18 heteroatoms. The van der Waals surface area contributed by atoms with Gasteiger partial charge in [0.05, 0.1) is 12.2 Å². The van der Waals surface area contributed by atoms with Crippen molar-refractivity contribution in [2.75, 3.05) is 6.61 Å². The van der Waals surface area contributed by atoms with Gasteiger partial charge in [-0.2, -0.15) is 13.2 Å². The minimum atomic E-state index is -10.2. The van der Waals surface area contributed by atoms with Crippen molar-refractivity contribution < 1.29 is 66.3 Å². The van der Waals surface area contributed by atoms with Crippen molar-refractivity contribution in [2.45, 2.75) is 50.2 Å². The van der Waals surface area contributed by atoms with E-state index < -0.39 is 86.2 Å². The first kappa shape index (κ1) is 28.9. The van der Waals surface area contributed by atoms with Gasteiger partial charge in [0.2, 0.25) is 12.4 Å². The second-order valence-electron chi connectivity index (χ2n) is 7.39. The SMILES string of the molecule is Cc1cc(S(F)(F)(F)(F)F)cc2c1OC(C(F)(F)F)C(C(=O)OC(C)OC(=O)CCCO[N+](=O)[O-])=C2. The number of carbonyl (C=O) groups is 2. The summed E-state index contributed by atoms with van der Waals surface area (Å²) in [4.78, 5) is 35.6. The minimum absolute atomic E-state index is 0.0663. The van der Waals surface area contributed by atoms with Crippen LogP contribution in [-0.4, -0.2) is 42.2 Å². The Balaban J connectivity index is 2.29. The van der Waals surface area contributed by atoms with Crippen molar-refractivity contribution in [3.63, 3.8) is 0 Å². The molecule has 204 valence electrons. The molecular weight excluding hydrogens is 542 g/mol. The molecular formula is C18H17F8NO8S. The fourth-order valence-corrected chi connectivity index (χ4v) is 3.68. The van der Waals surface area contributed by atoms with Crippen LogP contribution in [0.4, 0.5) is 32.6 Å². The second-order valence-corrected chi connectivity index (χ2v) is 9.80. The fourth-order valence-electron chi connectivity index (χ4n) is 2.93. The van der Waals surface area contributed by atoms with E-state index in [1.54, 1.807) is 0 Å². The number of rotatable bonds is 9. The third-order valence-electron chi connectivity index (χ3n) is 4.38. The monoisotopic (exact) mass is 559 g/mol. The van der Waals surface area contributed by atoms with Gasteiger partial charge in [-0.15, -0.1) is 10.1 Å². The van der Waals surface area contributed by atoms with Crippen LogP contribution in [0, 0.1) is 17.0 Å². The number of esters is 2. The summed E-state index contributed by atoms with van der Waals surface area (Å²) in [6.07, 6.45) is -10.5. The first-order valence-corrected chi connectivity index (χ1v) is 11.5. The molecule has 0 aromatic heterocycles. The molecule has 2 atom stereocenters. The van der Waals surface area contributed by atoms with Crippen molar-refractivity contribution in [1.82, 2.24) is 0 Å². The van der Waals surface area contributed by atoms with Gasteiger partial charge in [-0.05, 0) is 37.1 Å². The highest BCUT2D eigenvalue weighted by atomic mass is 32.5. The van der Waals surface area contributed by atoms with E-state index in [2.05, 4.69) is 19.0 Å². The lowest BCUT2D eigenvalue weighted by molar-refractivity contribution is -0.757. The number of halogens is 8. The molecule has 2 unspecified atom stereocenters. The molecule has 0 aliphatic carbocycles. The molecule has 9 nitrogen and oxygen atoms in total. The number of aryl methyl sites for hydroxylation is 1. The van der Waals surface area contributed by atoms with E-state index in [4.69, 9.17) is 0 Å². The Labute approximate surface area is 196 Å². The molecule has 0 amide bonds. The van der Waals surface area contributed by atoms with Crippen molar-refractivity contribution in [3.05, 3.63) is 38.9 Å². The predicted molar refractivity (Wildman–Crippen MR) is 105 cm³/mol. The molecule has 0 saturated heterocycles. The third-order valence-corrected chi connectivity index (χ3v) is 5.50. The van der Waals surface area contributed by atoms with Gasteiger partial charge in [-0.1, -0.05) is 19.4 Å². The lowest BCUT2D eigenvalue weighted by atomic mass is 9.99. The van der Waals surface area contributed by atoms with E-state index in [1.165, 1.54) is 0 Å². The zero-order valence-electron chi connectivity index (χ0n) is 18.2. The van der Waals surface area contributed by atoms with Crippen LogP contribution in [-0.2, 0) is 23.9 Å². The van der Waals surface area contributed by atoms with Crippen LogP contribution in [0.25, 0.3) is 6.08 Å². The van der Waals surface area contributed by atoms with Crippen LogP contribution in [0.2, 0.25) is 0 Å². The summed E-state index contributed by atoms with van der Waals surface area (Å²) in [6.45, 7) is 1.25. The Morgan fingerprint density at radius 2 is 1.78 bits per heavy atom. The smallest absolute Gasteiger partial charge is 0.430 e. The lowest BCUT2D eigenvalue weighted by Gasteiger charge is -2.41. The van der Waals surface area contributed by atoms with Gasteiger partial charge in [0.25, 0.3) is 5.09 Å². The zero-order valence-corrected chi connectivity index (χ0v) is 19.0. The summed E-state index contributed by atoms with van der Waals surface area (Å²) in [6, 6.07) is -0.219. The van der Waals surface area contributed by atoms with Gasteiger partial charge in [0.15, 0.2) is 0 Å². The van der Waals surface area contributed by atoms with Crippen molar-refractivity contribution in [1.29, 1.82) is 0 Å². The Hall–Kier alpha value is -3.31. The highest BCUT2D eigenvalue weighted by Crippen LogP contribution is 3.02. The molecule has 1 aromatic rings. The van der Waals surface area contributed by atoms with E-state index in [0.29, 0.717) is 0 Å². The van der Waals surface area contributed by atoms with Crippen molar-refractivity contribution in [3.8, 4) is 5.75 Å². The molecule has 0 spiro atoms. The molecule has 1 aliphatic rings. The van der Waals surface area contributed by atoms with E-state index in [0.717, 1.165) is 13.8 Å². The van der Waals surface area contributed by atoms with Crippen LogP contribution in [0.3, 0.4) is 0 Å². The molecule has 0 saturated carbocycles. The number of fused-ring (bicyclic) bond motifs is 1. The summed E-state index contributed by atoms with van der Waals surface area (Å²) in [5.41, 5.74) is -2.98. The predicted octanol–water partition coefficient (Wildman–Crippen LogP) is 5.78. The van der Waals surface area contributed by atoms with Crippen molar-refractivity contribution in [2.24, 2.45) is 0 Å². The molecule has 1 heterocycles. The average molecular weight is 559 g/mol. The molecule has 1 aromatic carbocycles. The Kier molecular flexibility index (Phi) is 7.21. The van der Waals surface area contributed by atoms with Crippen LogP contribution in [0.1, 0.15) is 30.9 Å². The molecule has 0 bridgehead atoms. The maximum Gasteiger partial charge on any atom is 0.430 e. The fraction of sp³-hybridized carbons (Fsp3) is 0.444. The van der Waals surface area contributed by atoms with Crippen LogP contribution in [0.15, 0.2) is 22.6 Å². The molecule has 0 fully saturated rings. The van der Waals surface area contributed by atoms with E-state index in [9.17, 15) is 52.3 Å². The number of nitrogens with zero attached hydrogens (tertiary/aromatic N) is 1. The maximum absolute atomic E-state index is 13.5. The summed E-state index contributed by atoms with van der Waals surface area (Å²) >= 11 is 0. The molecule has 36 heavy (non-hydrogen) atoms. The molecule has 0 radical (unpaired) electrons. The Morgan fingerprint density at radius 1 is 1.17 bits per heavy atom. The van der Waals surface area contributed by atoms with Crippen molar-refractivity contribution >= 4 is 28.2 Å². The normalized spacial score (nSPS) is 18.4. The largest absolute Gasteiger partial charge is 0.475 e. The minimum Gasteiger partial charge on any atom is -0.475 e. The Bertz CT molecular complexity index is 1100. The van der Waals surface area contributed by atoms with Crippen LogP contribution in [0.5, 0.6) is 5.75 Å². The summed E-state index contributed by atoms with van der Waals surface area (Å²) < 4.78 is 121.